The van der Waals surface area contributed by atoms with E-state index in [2.05, 4.69) is 5.32 Å². The third-order valence-electron chi connectivity index (χ3n) is 3.58. The lowest BCUT2D eigenvalue weighted by molar-refractivity contribution is -0.141. The molecule has 0 bridgehead atoms. The van der Waals surface area contributed by atoms with Crippen LogP contribution in [0.4, 0.5) is 4.79 Å². The molecule has 1 heterocycles. The molecule has 2 rings (SSSR count). The Morgan fingerprint density at radius 3 is 2.67 bits per heavy atom. The van der Waals surface area contributed by atoms with Gasteiger partial charge in [0.15, 0.2) is 0 Å². The van der Waals surface area contributed by atoms with E-state index in [9.17, 15) is 14.7 Å². The van der Waals surface area contributed by atoms with Gasteiger partial charge in [0, 0.05) is 19.0 Å². The van der Waals surface area contributed by atoms with Crippen LogP contribution in [0.1, 0.15) is 18.9 Å². The maximum atomic E-state index is 12.1. The molecule has 6 nitrogen and oxygen atoms in total. The number of hydrogen-bond donors (Lipinski definition) is 3. The van der Waals surface area contributed by atoms with Gasteiger partial charge in [-0.1, -0.05) is 30.3 Å². The Balaban J connectivity index is 1.92. The van der Waals surface area contributed by atoms with Crippen molar-refractivity contribution in [3.63, 3.8) is 0 Å². The summed E-state index contributed by atoms with van der Waals surface area (Å²) in [6, 6.07) is 8.22. The molecule has 1 aromatic rings. The van der Waals surface area contributed by atoms with Gasteiger partial charge in [0.25, 0.3) is 0 Å². The van der Waals surface area contributed by atoms with Gasteiger partial charge in [-0.3, -0.25) is 0 Å². The number of carbonyl (C=O) groups excluding carboxylic acids is 1. The van der Waals surface area contributed by atoms with Crippen molar-refractivity contribution in [3.05, 3.63) is 35.9 Å². The van der Waals surface area contributed by atoms with E-state index in [4.69, 9.17) is 5.11 Å². The van der Waals surface area contributed by atoms with E-state index in [1.54, 1.807) is 0 Å². The number of hydrogen-bond acceptors (Lipinski definition) is 3. The lowest BCUT2D eigenvalue weighted by Crippen LogP contribution is -2.49. The SMILES string of the molecule is CC(Cc1ccccc1)NC(=O)N1C[C@H](O)C[C@H]1C(=O)O. The molecule has 0 saturated carbocycles. The second kappa shape index (κ2) is 6.58. The molecule has 1 unspecified atom stereocenters. The van der Waals surface area contributed by atoms with Crippen LogP contribution in [0.5, 0.6) is 0 Å². The number of carboxylic acids is 1. The molecule has 1 aliphatic heterocycles. The van der Waals surface area contributed by atoms with E-state index in [0.717, 1.165) is 5.56 Å². The monoisotopic (exact) mass is 292 g/mol. The highest BCUT2D eigenvalue weighted by atomic mass is 16.4. The summed E-state index contributed by atoms with van der Waals surface area (Å²) in [6.45, 7) is 1.92. The van der Waals surface area contributed by atoms with Crippen molar-refractivity contribution < 1.29 is 19.8 Å². The number of rotatable bonds is 4. The second-order valence-electron chi connectivity index (χ2n) is 5.44. The molecule has 3 N–H and O–H groups in total. The maximum absolute atomic E-state index is 12.1. The molecule has 114 valence electrons. The fraction of sp³-hybridized carbons (Fsp3) is 0.467. The molecule has 0 radical (unpaired) electrons. The lowest BCUT2D eigenvalue weighted by Gasteiger charge is -2.24. The van der Waals surface area contributed by atoms with Crippen molar-refractivity contribution in [1.82, 2.24) is 10.2 Å². The Morgan fingerprint density at radius 2 is 2.05 bits per heavy atom. The van der Waals surface area contributed by atoms with Gasteiger partial charge in [-0.25, -0.2) is 9.59 Å². The van der Waals surface area contributed by atoms with Gasteiger partial charge in [0.05, 0.1) is 6.10 Å². The van der Waals surface area contributed by atoms with Crippen LogP contribution in [0.3, 0.4) is 0 Å². The van der Waals surface area contributed by atoms with Gasteiger partial charge in [0.2, 0.25) is 0 Å². The third kappa shape index (κ3) is 3.95. The van der Waals surface area contributed by atoms with Gasteiger partial charge in [-0.15, -0.1) is 0 Å². The molecule has 2 amide bonds. The zero-order chi connectivity index (χ0) is 15.4. The standard InChI is InChI=1S/C15H20N2O4/c1-10(7-11-5-3-2-4-6-11)16-15(21)17-9-12(18)8-13(17)14(19)20/h2-6,10,12-13,18H,7-9H2,1H3,(H,16,21)(H,19,20)/t10?,12-,13+/m1/s1. The van der Waals surface area contributed by atoms with Crippen LogP contribution < -0.4 is 5.32 Å². The summed E-state index contributed by atoms with van der Waals surface area (Å²) < 4.78 is 0. The average molecular weight is 292 g/mol. The topological polar surface area (TPSA) is 89.9 Å². The van der Waals surface area contributed by atoms with Crippen LogP contribution in [0.15, 0.2) is 30.3 Å². The highest BCUT2D eigenvalue weighted by Gasteiger charge is 2.39. The Kier molecular flexibility index (Phi) is 4.80. The number of nitrogens with one attached hydrogen (secondary N) is 1. The van der Waals surface area contributed by atoms with E-state index in [1.807, 2.05) is 37.3 Å². The van der Waals surface area contributed by atoms with Crippen molar-refractivity contribution in [2.45, 2.75) is 38.0 Å². The molecule has 1 aromatic carbocycles. The Morgan fingerprint density at radius 1 is 1.38 bits per heavy atom. The van der Waals surface area contributed by atoms with E-state index < -0.39 is 24.1 Å². The van der Waals surface area contributed by atoms with E-state index in [1.165, 1.54) is 4.90 Å². The van der Waals surface area contributed by atoms with Crippen LogP contribution >= 0.6 is 0 Å². The maximum Gasteiger partial charge on any atom is 0.326 e. The minimum absolute atomic E-state index is 0.0564. The largest absolute Gasteiger partial charge is 0.480 e. The zero-order valence-electron chi connectivity index (χ0n) is 11.9. The highest BCUT2D eigenvalue weighted by Crippen LogP contribution is 2.18. The smallest absolute Gasteiger partial charge is 0.326 e. The fourth-order valence-corrected chi connectivity index (χ4v) is 2.58. The Bertz CT molecular complexity index is 506. The van der Waals surface area contributed by atoms with Crippen molar-refractivity contribution in [2.24, 2.45) is 0 Å². The summed E-state index contributed by atoms with van der Waals surface area (Å²) in [6.07, 6.45) is -0.0300. The molecule has 0 aromatic heterocycles. The number of carbonyl (C=O) groups is 2. The number of aliphatic carboxylic acids is 1. The summed E-state index contributed by atoms with van der Waals surface area (Å²) in [4.78, 5) is 24.4. The van der Waals surface area contributed by atoms with Crippen LogP contribution in [-0.4, -0.2) is 51.8 Å². The van der Waals surface area contributed by atoms with Gasteiger partial charge >= 0.3 is 12.0 Å². The minimum atomic E-state index is -1.09. The molecule has 3 atom stereocenters. The van der Waals surface area contributed by atoms with Gasteiger partial charge in [-0.2, -0.15) is 0 Å². The first-order valence-corrected chi connectivity index (χ1v) is 6.99. The zero-order valence-corrected chi connectivity index (χ0v) is 11.9. The first-order chi connectivity index (χ1) is 9.97. The summed E-state index contributed by atoms with van der Waals surface area (Å²) >= 11 is 0. The van der Waals surface area contributed by atoms with Crippen molar-refractivity contribution in [3.8, 4) is 0 Å². The number of β-amino-alcohol motifs (C(OH)–C–C–N with tert-alkyl or cyclic N) is 1. The van der Waals surface area contributed by atoms with Crippen LogP contribution in [0, 0.1) is 0 Å². The molecule has 0 spiro atoms. The number of likely N-dealkylation sites (tertiary alicyclic amines) is 1. The van der Waals surface area contributed by atoms with Gasteiger partial charge in [0.1, 0.15) is 6.04 Å². The lowest BCUT2D eigenvalue weighted by atomic mass is 10.1. The summed E-state index contributed by atoms with van der Waals surface area (Å²) in [5.74, 6) is -1.09. The second-order valence-corrected chi connectivity index (χ2v) is 5.44. The number of aliphatic hydroxyl groups is 1. The summed E-state index contributed by atoms with van der Waals surface area (Å²) in [5.41, 5.74) is 1.10. The quantitative estimate of drug-likeness (QED) is 0.767. The first kappa shape index (κ1) is 15.3. The molecule has 1 aliphatic rings. The van der Waals surface area contributed by atoms with Gasteiger partial charge < -0.3 is 20.4 Å². The summed E-state index contributed by atoms with van der Waals surface area (Å²) in [7, 11) is 0. The number of aliphatic hydroxyl groups excluding tert-OH is 1. The van der Waals surface area contributed by atoms with Crippen LogP contribution in [0.25, 0.3) is 0 Å². The van der Waals surface area contributed by atoms with E-state index in [-0.39, 0.29) is 19.0 Å². The number of nitrogens with zero attached hydrogens (tertiary/aromatic N) is 1. The molecule has 1 saturated heterocycles. The van der Waals surface area contributed by atoms with E-state index in [0.29, 0.717) is 6.42 Å². The molecular formula is C15H20N2O4. The summed E-state index contributed by atoms with van der Waals surface area (Å²) in [5, 5.41) is 21.4. The molecular weight excluding hydrogens is 272 g/mol. The fourth-order valence-electron chi connectivity index (χ4n) is 2.58. The number of amides is 2. The third-order valence-corrected chi connectivity index (χ3v) is 3.58. The first-order valence-electron chi connectivity index (χ1n) is 6.99. The van der Waals surface area contributed by atoms with Crippen LogP contribution in [-0.2, 0) is 11.2 Å². The average Bonchev–Trinajstić information content (AvgIpc) is 2.82. The number of urea groups is 1. The number of benzene rings is 1. The van der Waals surface area contributed by atoms with Crippen LogP contribution in [0.2, 0.25) is 0 Å². The predicted molar refractivity (Wildman–Crippen MR) is 76.9 cm³/mol. The Hall–Kier alpha value is -2.08. The molecule has 6 heteroatoms. The molecule has 21 heavy (non-hydrogen) atoms. The van der Waals surface area contributed by atoms with Crippen molar-refractivity contribution in [2.75, 3.05) is 6.54 Å². The Labute approximate surface area is 123 Å². The van der Waals surface area contributed by atoms with Crippen molar-refractivity contribution >= 4 is 12.0 Å². The predicted octanol–water partition coefficient (Wildman–Crippen LogP) is 0.847. The minimum Gasteiger partial charge on any atom is -0.480 e. The molecule has 0 aliphatic carbocycles. The molecule has 1 fully saturated rings. The van der Waals surface area contributed by atoms with E-state index >= 15 is 0 Å². The number of carboxylic acid groups (broad SMARTS) is 1. The van der Waals surface area contributed by atoms with Gasteiger partial charge in [-0.05, 0) is 18.9 Å². The van der Waals surface area contributed by atoms with Crippen molar-refractivity contribution in [1.29, 1.82) is 0 Å². The highest BCUT2D eigenvalue weighted by molar-refractivity contribution is 5.83. The normalized spacial score (nSPS) is 22.9.